The number of thioether (sulfide) groups is 1. The summed E-state index contributed by atoms with van der Waals surface area (Å²) in [6.45, 7) is 0. The minimum Gasteiger partial charge on any atom is -0.436 e. The molecule has 0 bridgehead atoms. The fourth-order valence-electron chi connectivity index (χ4n) is 1.82. The molecule has 0 saturated carbocycles. The Bertz CT molecular complexity index is 764. The predicted molar refractivity (Wildman–Crippen MR) is 78.2 cm³/mol. The van der Waals surface area contributed by atoms with Crippen LogP contribution in [0.5, 0.6) is 11.6 Å². The number of ether oxygens (including phenoxy) is 1. The van der Waals surface area contributed by atoms with Crippen molar-refractivity contribution in [2.45, 2.75) is 11.2 Å². The van der Waals surface area contributed by atoms with Crippen molar-refractivity contribution in [2.75, 3.05) is 6.26 Å². The summed E-state index contributed by atoms with van der Waals surface area (Å²) in [7, 11) is 1.61. The Labute approximate surface area is 137 Å². The van der Waals surface area contributed by atoms with Gasteiger partial charge >= 0.3 is 6.18 Å². The molecule has 0 atom stereocenters. The van der Waals surface area contributed by atoms with Gasteiger partial charge in [-0.1, -0.05) is 11.6 Å². The number of hydrogen-bond acceptors (Lipinski definition) is 5. The van der Waals surface area contributed by atoms with Crippen LogP contribution in [0.1, 0.15) is 5.56 Å². The summed E-state index contributed by atoms with van der Waals surface area (Å²) < 4.78 is 45.0. The van der Waals surface area contributed by atoms with Crippen molar-refractivity contribution in [3.63, 3.8) is 0 Å². The van der Waals surface area contributed by atoms with Crippen LogP contribution in [0.3, 0.4) is 0 Å². The quantitative estimate of drug-likeness (QED) is 0.451. The fraction of sp³-hybridized carbons (Fsp3) is 0.250. The monoisotopic (exact) mass is 367 g/mol. The molecule has 1 aromatic heterocycles. The van der Waals surface area contributed by atoms with Gasteiger partial charge in [-0.15, -0.1) is 16.9 Å². The first kappa shape index (κ1) is 17.4. The Morgan fingerprint density at radius 2 is 2.09 bits per heavy atom. The van der Waals surface area contributed by atoms with E-state index in [2.05, 4.69) is 5.10 Å². The number of hydrogen-bond donors (Lipinski definition) is 0. The van der Waals surface area contributed by atoms with Gasteiger partial charge in [-0.2, -0.15) is 13.2 Å². The highest BCUT2D eigenvalue weighted by molar-refractivity contribution is 7.98. The van der Waals surface area contributed by atoms with E-state index in [9.17, 15) is 23.3 Å². The van der Waals surface area contributed by atoms with Gasteiger partial charge in [0.25, 0.3) is 11.6 Å². The second kappa shape index (κ2) is 6.28. The molecular formula is C12H9ClF3N3O3S. The molecule has 0 aliphatic heterocycles. The molecule has 0 amide bonds. The molecule has 1 heterocycles. The maximum absolute atomic E-state index is 12.7. The molecule has 0 N–H and O–H groups in total. The van der Waals surface area contributed by atoms with E-state index in [1.165, 1.54) is 16.4 Å². The standard InChI is InChI=1S/C12H9ClF3N3O3S/c1-18-11(23-2)9(13)10(17-18)22-6-3-4-7(12(14,15)16)8(5-6)19(20)21/h3-5H,1-2H3. The number of nitro groups is 1. The van der Waals surface area contributed by atoms with Gasteiger partial charge in [-0.3, -0.25) is 14.8 Å². The molecule has 0 radical (unpaired) electrons. The van der Waals surface area contributed by atoms with Crippen molar-refractivity contribution in [3.8, 4) is 11.6 Å². The lowest BCUT2D eigenvalue weighted by molar-refractivity contribution is -0.388. The van der Waals surface area contributed by atoms with Crippen LogP contribution in [-0.4, -0.2) is 21.0 Å². The van der Waals surface area contributed by atoms with Crippen molar-refractivity contribution in [1.82, 2.24) is 9.78 Å². The number of aromatic nitrogens is 2. The lowest BCUT2D eigenvalue weighted by Crippen LogP contribution is -2.08. The first-order valence-electron chi connectivity index (χ1n) is 5.95. The highest BCUT2D eigenvalue weighted by atomic mass is 35.5. The van der Waals surface area contributed by atoms with Crippen molar-refractivity contribution in [1.29, 1.82) is 0 Å². The molecular weight excluding hydrogens is 359 g/mol. The first-order valence-corrected chi connectivity index (χ1v) is 7.55. The van der Waals surface area contributed by atoms with Crippen LogP contribution >= 0.6 is 23.4 Å². The van der Waals surface area contributed by atoms with Crippen LogP contribution in [0.2, 0.25) is 5.02 Å². The minimum atomic E-state index is -4.84. The molecule has 0 spiro atoms. The van der Waals surface area contributed by atoms with E-state index in [1.807, 2.05) is 0 Å². The van der Waals surface area contributed by atoms with Crippen molar-refractivity contribution in [3.05, 3.63) is 38.9 Å². The van der Waals surface area contributed by atoms with E-state index in [0.29, 0.717) is 17.2 Å². The Balaban J connectivity index is 2.42. The molecule has 2 rings (SSSR count). The number of aryl methyl sites for hydroxylation is 1. The van der Waals surface area contributed by atoms with E-state index in [4.69, 9.17) is 16.3 Å². The minimum absolute atomic E-state index is 0.0485. The molecule has 0 aliphatic carbocycles. The maximum Gasteiger partial charge on any atom is 0.423 e. The summed E-state index contributed by atoms with van der Waals surface area (Å²) >= 11 is 7.34. The second-order valence-corrected chi connectivity index (χ2v) is 5.46. The van der Waals surface area contributed by atoms with E-state index in [1.54, 1.807) is 13.3 Å². The van der Waals surface area contributed by atoms with E-state index in [-0.39, 0.29) is 16.7 Å². The molecule has 124 valence electrons. The number of halogens is 4. The van der Waals surface area contributed by atoms with Gasteiger partial charge in [0.05, 0.1) is 11.0 Å². The summed E-state index contributed by atoms with van der Waals surface area (Å²) in [6, 6.07) is 2.24. The molecule has 2 aromatic rings. The van der Waals surface area contributed by atoms with Gasteiger partial charge in [0, 0.05) is 7.05 Å². The number of rotatable bonds is 4. The van der Waals surface area contributed by atoms with E-state index in [0.717, 1.165) is 6.07 Å². The van der Waals surface area contributed by atoms with Crippen molar-refractivity contribution in [2.24, 2.45) is 7.05 Å². The van der Waals surface area contributed by atoms with E-state index >= 15 is 0 Å². The average Bonchev–Trinajstić information content (AvgIpc) is 2.71. The third-order valence-electron chi connectivity index (χ3n) is 2.79. The number of benzene rings is 1. The Kier molecular flexibility index (Phi) is 4.76. The molecule has 0 unspecified atom stereocenters. The van der Waals surface area contributed by atoms with Crippen LogP contribution in [-0.2, 0) is 13.2 Å². The Hall–Kier alpha value is -1.94. The highest BCUT2D eigenvalue weighted by Gasteiger charge is 2.38. The molecule has 0 saturated heterocycles. The number of alkyl halides is 3. The molecule has 0 fully saturated rings. The Morgan fingerprint density at radius 1 is 1.43 bits per heavy atom. The van der Waals surface area contributed by atoms with E-state index < -0.39 is 22.4 Å². The van der Waals surface area contributed by atoms with Crippen LogP contribution in [0.15, 0.2) is 23.2 Å². The lowest BCUT2D eigenvalue weighted by Gasteiger charge is -2.09. The van der Waals surface area contributed by atoms with Crippen LogP contribution in [0.25, 0.3) is 0 Å². The second-order valence-electron chi connectivity index (χ2n) is 4.29. The normalized spacial score (nSPS) is 11.6. The summed E-state index contributed by atoms with van der Waals surface area (Å²) in [5.74, 6) is -0.218. The number of nitrogens with zero attached hydrogens (tertiary/aromatic N) is 3. The summed E-state index contributed by atoms with van der Waals surface area (Å²) in [4.78, 5) is 9.72. The van der Waals surface area contributed by atoms with Crippen LogP contribution in [0.4, 0.5) is 18.9 Å². The van der Waals surface area contributed by atoms with Gasteiger partial charge in [0.15, 0.2) is 0 Å². The van der Waals surface area contributed by atoms with Gasteiger partial charge in [0.1, 0.15) is 21.4 Å². The van der Waals surface area contributed by atoms with Crippen molar-refractivity contribution < 1.29 is 22.8 Å². The van der Waals surface area contributed by atoms with Gasteiger partial charge in [0.2, 0.25) is 0 Å². The fourth-order valence-corrected chi connectivity index (χ4v) is 2.83. The topological polar surface area (TPSA) is 70.2 Å². The van der Waals surface area contributed by atoms with Gasteiger partial charge in [-0.25, -0.2) is 0 Å². The summed E-state index contributed by atoms with van der Waals surface area (Å²) in [5.41, 5.74) is -2.46. The maximum atomic E-state index is 12.7. The zero-order chi connectivity index (χ0) is 17.4. The molecule has 6 nitrogen and oxygen atoms in total. The van der Waals surface area contributed by atoms with Crippen molar-refractivity contribution >= 4 is 29.1 Å². The molecule has 0 aliphatic rings. The third-order valence-corrected chi connectivity index (χ3v) is 4.10. The third kappa shape index (κ3) is 3.53. The zero-order valence-corrected chi connectivity index (χ0v) is 13.3. The molecule has 23 heavy (non-hydrogen) atoms. The molecule has 11 heteroatoms. The zero-order valence-electron chi connectivity index (χ0n) is 11.7. The lowest BCUT2D eigenvalue weighted by atomic mass is 10.1. The van der Waals surface area contributed by atoms with Crippen LogP contribution < -0.4 is 4.74 Å². The largest absolute Gasteiger partial charge is 0.436 e. The first-order chi connectivity index (χ1) is 10.6. The number of nitro benzene ring substituents is 1. The molecule has 1 aromatic carbocycles. The summed E-state index contributed by atoms with van der Waals surface area (Å²) in [6.07, 6.45) is -3.08. The van der Waals surface area contributed by atoms with Crippen LogP contribution in [0, 0.1) is 10.1 Å². The smallest absolute Gasteiger partial charge is 0.423 e. The summed E-state index contributed by atoms with van der Waals surface area (Å²) in [5, 5.41) is 15.6. The highest BCUT2D eigenvalue weighted by Crippen LogP contribution is 2.40. The SMILES string of the molecule is CSc1c(Cl)c(Oc2ccc(C(F)(F)F)c([N+](=O)[O-])c2)nn1C. The predicted octanol–water partition coefficient (Wildman–Crippen LogP) is 4.51. The average molecular weight is 368 g/mol. The van der Waals surface area contributed by atoms with Gasteiger partial charge in [-0.05, 0) is 18.4 Å². The Morgan fingerprint density at radius 3 is 2.57 bits per heavy atom. The van der Waals surface area contributed by atoms with Gasteiger partial charge < -0.3 is 4.74 Å².